The number of nitrogens with one attached hydrogen (secondary N) is 2. The number of amidine groups is 1. The molecule has 0 aromatic heterocycles. The van der Waals surface area contributed by atoms with Gasteiger partial charge in [0.1, 0.15) is 0 Å². The van der Waals surface area contributed by atoms with Crippen molar-refractivity contribution in [1.29, 1.82) is 5.41 Å². The van der Waals surface area contributed by atoms with Crippen LogP contribution in [0.25, 0.3) is 0 Å². The zero-order valence-corrected chi connectivity index (χ0v) is 9.84. The molecule has 5 nitrogen and oxygen atoms in total. The van der Waals surface area contributed by atoms with Gasteiger partial charge in [0.25, 0.3) is 0 Å². The lowest BCUT2D eigenvalue weighted by Crippen LogP contribution is -2.15. The second-order valence-electron chi connectivity index (χ2n) is 3.40. The number of rotatable bonds is 5. The monoisotopic (exact) mass is 241 g/mol. The van der Waals surface area contributed by atoms with E-state index in [9.17, 15) is 8.42 Å². The van der Waals surface area contributed by atoms with Gasteiger partial charge < -0.3 is 5.73 Å². The molecule has 0 aliphatic heterocycles. The maximum Gasteiger partial charge on any atom is 0.232 e. The first-order chi connectivity index (χ1) is 7.43. The first-order valence-electron chi connectivity index (χ1n) is 4.85. The molecule has 0 fully saturated rings. The van der Waals surface area contributed by atoms with Crippen LogP contribution in [0.2, 0.25) is 0 Å². The van der Waals surface area contributed by atoms with Gasteiger partial charge in [0, 0.05) is 12.1 Å². The van der Waals surface area contributed by atoms with E-state index in [0.717, 1.165) is 5.56 Å². The highest BCUT2D eigenvalue weighted by Crippen LogP contribution is 2.11. The van der Waals surface area contributed by atoms with Crippen LogP contribution in [0.4, 0.5) is 5.69 Å². The highest BCUT2D eigenvalue weighted by atomic mass is 32.2. The van der Waals surface area contributed by atoms with Crippen LogP contribution in [0.5, 0.6) is 0 Å². The molecule has 0 amide bonds. The lowest BCUT2D eigenvalue weighted by molar-refractivity contribution is 0.602. The molecule has 0 heterocycles. The van der Waals surface area contributed by atoms with Gasteiger partial charge in [-0.05, 0) is 24.6 Å². The summed E-state index contributed by atoms with van der Waals surface area (Å²) in [5, 5.41) is 7.13. The van der Waals surface area contributed by atoms with E-state index < -0.39 is 10.0 Å². The van der Waals surface area contributed by atoms with Crippen molar-refractivity contribution < 1.29 is 8.42 Å². The number of hydrogen-bond acceptors (Lipinski definition) is 3. The number of anilines is 1. The van der Waals surface area contributed by atoms with Crippen molar-refractivity contribution in [3.05, 3.63) is 29.8 Å². The van der Waals surface area contributed by atoms with Crippen molar-refractivity contribution in [3.8, 4) is 0 Å². The largest absolute Gasteiger partial charge is 0.387 e. The molecular weight excluding hydrogens is 226 g/mol. The Morgan fingerprint density at radius 3 is 2.38 bits per heavy atom. The van der Waals surface area contributed by atoms with Crippen molar-refractivity contribution in [2.45, 2.75) is 13.3 Å². The van der Waals surface area contributed by atoms with Crippen molar-refractivity contribution in [2.24, 2.45) is 5.73 Å². The molecule has 0 bridgehead atoms. The normalized spacial score (nSPS) is 11.1. The van der Waals surface area contributed by atoms with Gasteiger partial charge in [0.15, 0.2) is 0 Å². The third kappa shape index (κ3) is 3.90. The van der Waals surface area contributed by atoms with Crippen LogP contribution in [-0.2, 0) is 16.4 Å². The Morgan fingerprint density at radius 1 is 1.38 bits per heavy atom. The van der Waals surface area contributed by atoms with E-state index >= 15 is 0 Å². The van der Waals surface area contributed by atoms with Crippen LogP contribution in [0.15, 0.2) is 24.3 Å². The Balaban J connectivity index is 2.76. The average Bonchev–Trinajstić information content (AvgIpc) is 2.20. The second-order valence-corrected chi connectivity index (χ2v) is 5.42. The molecule has 0 unspecified atom stereocenters. The molecule has 0 spiro atoms. The Labute approximate surface area is 95.2 Å². The molecule has 1 rings (SSSR count). The van der Waals surface area contributed by atoms with Gasteiger partial charge in [0.05, 0.1) is 11.6 Å². The third-order valence-corrected chi connectivity index (χ3v) is 3.31. The van der Waals surface area contributed by atoms with Crippen LogP contribution in [0.1, 0.15) is 12.5 Å². The summed E-state index contributed by atoms with van der Waals surface area (Å²) in [7, 11) is -3.23. The minimum Gasteiger partial charge on any atom is -0.387 e. The van der Waals surface area contributed by atoms with Gasteiger partial charge in [-0.25, -0.2) is 8.42 Å². The van der Waals surface area contributed by atoms with Gasteiger partial charge in [-0.3, -0.25) is 10.1 Å². The van der Waals surface area contributed by atoms with Gasteiger partial charge in [0.2, 0.25) is 10.0 Å². The first kappa shape index (κ1) is 12.5. The van der Waals surface area contributed by atoms with Crippen LogP contribution < -0.4 is 10.5 Å². The van der Waals surface area contributed by atoms with Crippen LogP contribution in [-0.4, -0.2) is 20.0 Å². The summed E-state index contributed by atoms with van der Waals surface area (Å²) in [4.78, 5) is 0. The smallest absolute Gasteiger partial charge is 0.232 e. The molecule has 0 aliphatic rings. The molecule has 88 valence electrons. The van der Waals surface area contributed by atoms with Crippen LogP contribution >= 0.6 is 0 Å². The number of hydrogen-bond donors (Lipinski definition) is 3. The topological polar surface area (TPSA) is 96.0 Å². The van der Waals surface area contributed by atoms with Crippen molar-refractivity contribution in [1.82, 2.24) is 0 Å². The minimum absolute atomic E-state index is 0.0438. The highest BCUT2D eigenvalue weighted by molar-refractivity contribution is 7.92. The predicted molar refractivity (Wildman–Crippen MR) is 65.1 cm³/mol. The van der Waals surface area contributed by atoms with Crippen LogP contribution in [0, 0.1) is 5.41 Å². The number of sulfonamides is 1. The summed E-state index contributed by atoms with van der Waals surface area (Å²) in [6.07, 6.45) is 0.376. The summed E-state index contributed by atoms with van der Waals surface area (Å²) < 4.78 is 25.0. The lowest BCUT2D eigenvalue weighted by Gasteiger charge is -2.06. The summed E-state index contributed by atoms with van der Waals surface area (Å²) in [5.74, 6) is 0.129. The molecule has 1 aromatic carbocycles. The SMILES string of the molecule is CCS(=O)(=O)Nc1ccc(CC(=N)N)cc1. The van der Waals surface area contributed by atoms with E-state index in [1.807, 2.05) is 0 Å². The highest BCUT2D eigenvalue weighted by Gasteiger charge is 2.06. The quantitative estimate of drug-likeness (QED) is 0.528. The van der Waals surface area contributed by atoms with E-state index in [4.69, 9.17) is 11.1 Å². The van der Waals surface area contributed by atoms with E-state index in [0.29, 0.717) is 12.1 Å². The van der Waals surface area contributed by atoms with Crippen molar-refractivity contribution in [3.63, 3.8) is 0 Å². The summed E-state index contributed by atoms with van der Waals surface area (Å²) in [6.45, 7) is 1.58. The van der Waals surface area contributed by atoms with E-state index in [1.165, 1.54) is 0 Å². The Hall–Kier alpha value is -1.56. The van der Waals surface area contributed by atoms with Gasteiger partial charge in [-0.15, -0.1) is 0 Å². The Bertz CT molecular complexity index is 465. The molecule has 16 heavy (non-hydrogen) atoms. The number of nitrogens with two attached hydrogens (primary N) is 1. The van der Waals surface area contributed by atoms with E-state index in [-0.39, 0.29) is 11.6 Å². The van der Waals surface area contributed by atoms with Crippen molar-refractivity contribution >= 4 is 21.5 Å². The fourth-order valence-electron chi connectivity index (χ4n) is 1.16. The van der Waals surface area contributed by atoms with Gasteiger partial charge in [-0.2, -0.15) is 0 Å². The molecule has 0 aliphatic carbocycles. The third-order valence-electron chi connectivity index (χ3n) is 2.00. The standard InChI is InChI=1S/C10H15N3O2S/c1-2-16(14,15)13-9-5-3-8(4-6-9)7-10(11)12/h3-6,13H,2,7H2,1H3,(H3,11,12). The molecule has 0 radical (unpaired) electrons. The zero-order chi connectivity index (χ0) is 12.2. The van der Waals surface area contributed by atoms with Gasteiger partial charge >= 0.3 is 0 Å². The number of benzene rings is 1. The molecule has 0 saturated carbocycles. The lowest BCUT2D eigenvalue weighted by atomic mass is 10.1. The van der Waals surface area contributed by atoms with E-state index in [2.05, 4.69) is 4.72 Å². The minimum atomic E-state index is -3.23. The molecule has 0 saturated heterocycles. The Morgan fingerprint density at radius 2 is 1.94 bits per heavy atom. The molecule has 4 N–H and O–H groups in total. The summed E-state index contributed by atoms with van der Waals surface area (Å²) >= 11 is 0. The maximum atomic E-state index is 11.3. The molecule has 1 aromatic rings. The second kappa shape index (κ2) is 4.98. The maximum absolute atomic E-state index is 11.3. The zero-order valence-electron chi connectivity index (χ0n) is 9.03. The summed E-state index contributed by atoms with van der Waals surface area (Å²) in [6, 6.07) is 6.81. The molecular formula is C10H15N3O2S. The molecule has 0 atom stereocenters. The van der Waals surface area contributed by atoms with Crippen molar-refractivity contribution in [2.75, 3.05) is 10.5 Å². The average molecular weight is 241 g/mol. The molecule has 6 heteroatoms. The van der Waals surface area contributed by atoms with E-state index in [1.54, 1.807) is 31.2 Å². The van der Waals surface area contributed by atoms with Gasteiger partial charge in [-0.1, -0.05) is 12.1 Å². The summed E-state index contributed by atoms with van der Waals surface area (Å²) in [5.41, 5.74) is 6.66. The first-order valence-corrected chi connectivity index (χ1v) is 6.50. The fraction of sp³-hybridized carbons (Fsp3) is 0.300. The van der Waals surface area contributed by atoms with Crippen LogP contribution in [0.3, 0.4) is 0 Å². The predicted octanol–water partition coefficient (Wildman–Crippen LogP) is 0.927. The Kier molecular flexibility index (Phi) is 3.89. The fourth-order valence-corrected chi connectivity index (χ4v) is 1.80.